The second-order valence-electron chi connectivity index (χ2n) is 3.58. The number of para-hydroxylation sites is 1. The Balaban J connectivity index is 2.45. The number of H-pyrrole nitrogens is 1. The van der Waals surface area contributed by atoms with E-state index in [9.17, 15) is 5.11 Å². The molecule has 1 aromatic heterocycles. The summed E-state index contributed by atoms with van der Waals surface area (Å²) in [6.07, 6.45) is 3.21. The number of nitrogens with two attached hydrogens (primary N) is 2. The van der Waals surface area contributed by atoms with Crippen molar-refractivity contribution in [2.75, 3.05) is 5.73 Å². The van der Waals surface area contributed by atoms with E-state index >= 15 is 0 Å². The van der Waals surface area contributed by atoms with Crippen LogP contribution in [0.2, 0.25) is 5.02 Å². The van der Waals surface area contributed by atoms with Gasteiger partial charge < -0.3 is 21.6 Å². The van der Waals surface area contributed by atoms with Gasteiger partial charge in [0.05, 0.1) is 5.02 Å². The van der Waals surface area contributed by atoms with Gasteiger partial charge in [0.1, 0.15) is 11.6 Å². The predicted octanol–water partition coefficient (Wildman–Crippen LogP) is 2.41. The summed E-state index contributed by atoms with van der Waals surface area (Å²) in [6, 6.07) is 6.80. The molecule has 0 fully saturated rings. The van der Waals surface area contributed by atoms with E-state index in [0.29, 0.717) is 27.7 Å². The average molecular weight is 250 g/mol. The van der Waals surface area contributed by atoms with Crippen LogP contribution in [0.4, 0.5) is 5.82 Å². The van der Waals surface area contributed by atoms with Gasteiger partial charge in [-0.2, -0.15) is 0 Å². The first-order valence-corrected chi connectivity index (χ1v) is 5.35. The van der Waals surface area contributed by atoms with Crippen LogP contribution in [-0.2, 0) is 0 Å². The van der Waals surface area contributed by atoms with E-state index in [4.69, 9.17) is 23.1 Å². The number of nitrogen functional groups attached to an aromatic ring is 1. The largest absolute Gasteiger partial charge is 0.507 e. The second kappa shape index (κ2) is 4.43. The van der Waals surface area contributed by atoms with Crippen LogP contribution < -0.4 is 11.5 Å². The maximum Gasteiger partial charge on any atom is 0.124 e. The van der Waals surface area contributed by atoms with E-state index in [1.807, 2.05) is 0 Å². The molecule has 0 aliphatic heterocycles. The summed E-state index contributed by atoms with van der Waals surface area (Å²) in [7, 11) is 0. The summed E-state index contributed by atoms with van der Waals surface area (Å²) in [5.41, 5.74) is 13.2. The summed E-state index contributed by atoms with van der Waals surface area (Å²) in [6.45, 7) is 0. The minimum atomic E-state index is 0.117. The molecule has 0 bridgehead atoms. The topological polar surface area (TPSA) is 88.1 Å². The number of aromatic hydroxyl groups is 1. The van der Waals surface area contributed by atoms with Crippen molar-refractivity contribution in [3.05, 3.63) is 46.6 Å². The van der Waals surface area contributed by atoms with E-state index in [1.54, 1.807) is 36.5 Å². The van der Waals surface area contributed by atoms with E-state index < -0.39 is 0 Å². The van der Waals surface area contributed by atoms with Gasteiger partial charge in [-0.05, 0) is 18.2 Å². The van der Waals surface area contributed by atoms with Gasteiger partial charge in [-0.15, -0.1) is 0 Å². The van der Waals surface area contributed by atoms with E-state index in [1.165, 1.54) is 0 Å². The smallest absolute Gasteiger partial charge is 0.124 e. The quantitative estimate of drug-likeness (QED) is 0.659. The lowest BCUT2D eigenvalue weighted by atomic mass is 10.1. The molecule has 2 aromatic rings. The molecule has 0 atom stereocenters. The molecule has 6 N–H and O–H groups in total. The van der Waals surface area contributed by atoms with E-state index in [2.05, 4.69) is 4.98 Å². The maximum absolute atomic E-state index is 9.66. The molecule has 5 heteroatoms. The number of hydrogen-bond donors (Lipinski definition) is 4. The summed E-state index contributed by atoms with van der Waals surface area (Å²) in [5.74, 6) is 0.555. The predicted molar refractivity (Wildman–Crippen MR) is 70.4 cm³/mol. The third-order valence-corrected chi connectivity index (χ3v) is 2.73. The van der Waals surface area contributed by atoms with Crippen LogP contribution in [0.5, 0.6) is 5.75 Å². The first kappa shape index (κ1) is 11.4. The Kier molecular flexibility index (Phi) is 2.97. The Morgan fingerprint density at radius 1 is 1.35 bits per heavy atom. The van der Waals surface area contributed by atoms with Crippen molar-refractivity contribution >= 4 is 29.2 Å². The van der Waals surface area contributed by atoms with Gasteiger partial charge in [0.15, 0.2) is 0 Å². The molecule has 0 aliphatic rings. The minimum Gasteiger partial charge on any atom is -0.507 e. The molecule has 0 radical (unpaired) electrons. The molecular formula is C12H12ClN3O. The fraction of sp³-hybridized carbons (Fsp3) is 0. The van der Waals surface area contributed by atoms with E-state index in [-0.39, 0.29) is 5.75 Å². The fourth-order valence-corrected chi connectivity index (χ4v) is 1.73. The molecule has 88 valence electrons. The Labute approximate surface area is 104 Å². The van der Waals surface area contributed by atoms with Crippen LogP contribution in [0.15, 0.2) is 30.5 Å². The molecular weight excluding hydrogens is 238 g/mol. The highest BCUT2D eigenvalue weighted by Gasteiger charge is 2.07. The number of benzene rings is 1. The molecule has 1 heterocycles. The third kappa shape index (κ3) is 2.21. The Hall–Kier alpha value is -2.07. The standard InChI is InChI=1S/C12H12ClN3O/c13-9-6-16-12(15)8(9)5-10(14)7-3-1-2-4-11(7)17/h1-6,16-17H,14-15H2/b10-5-. The lowest BCUT2D eigenvalue weighted by molar-refractivity contribution is 0.473. The molecule has 0 saturated carbocycles. The van der Waals surface area contributed by atoms with Crippen molar-refractivity contribution in [2.45, 2.75) is 0 Å². The van der Waals surface area contributed by atoms with Crippen LogP contribution >= 0.6 is 11.6 Å². The van der Waals surface area contributed by atoms with Crippen molar-refractivity contribution in [1.82, 2.24) is 4.98 Å². The number of phenolic OH excluding ortho intramolecular Hbond substituents is 1. The highest BCUT2D eigenvalue weighted by molar-refractivity contribution is 6.32. The van der Waals surface area contributed by atoms with Gasteiger partial charge in [-0.1, -0.05) is 23.7 Å². The zero-order valence-electron chi connectivity index (χ0n) is 8.94. The van der Waals surface area contributed by atoms with Crippen molar-refractivity contribution < 1.29 is 5.11 Å². The molecule has 0 saturated heterocycles. The first-order valence-electron chi connectivity index (χ1n) is 4.97. The van der Waals surface area contributed by atoms with Gasteiger partial charge in [-0.25, -0.2) is 0 Å². The van der Waals surface area contributed by atoms with Crippen molar-refractivity contribution in [1.29, 1.82) is 0 Å². The third-order valence-electron chi connectivity index (χ3n) is 2.42. The normalized spacial score (nSPS) is 11.7. The van der Waals surface area contributed by atoms with Gasteiger partial charge >= 0.3 is 0 Å². The Morgan fingerprint density at radius 2 is 2.06 bits per heavy atom. The summed E-state index contributed by atoms with van der Waals surface area (Å²) >= 11 is 5.94. The number of phenols is 1. The van der Waals surface area contributed by atoms with Crippen LogP contribution in [0.3, 0.4) is 0 Å². The van der Waals surface area contributed by atoms with Crippen molar-refractivity contribution in [2.24, 2.45) is 5.73 Å². The lowest BCUT2D eigenvalue weighted by Gasteiger charge is -2.04. The monoisotopic (exact) mass is 249 g/mol. The van der Waals surface area contributed by atoms with Gasteiger partial charge in [-0.3, -0.25) is 0 Å². The first-order chi connectivity index (χ1) is 8.09. The summed E-state index contributed by atoms with van der Waals surface area (Å²) in [5, 5.41) is 10.1. The molecule has 0 unspecified atom stereocenters. The van der Waals surface area contributed by atoms with Crippen molar-refractivity contribution in [3.63, 3.8) is 0 Å². The summed E-state index contributed by atoms with van der Waals surface area (Å²) < 4.78 is 0. The van der Waals surface area contributed by atoms with E-state index in [0.717, 1.165) is 0 Å². The van der Waals surface area contributed by atoms with Crippen LogP contribution in [0.1, 0.15) is 11.1 Å². The fourth-order valence-electron chi connectivity index (χ4n) is 1.52. The second-order valence-corrected chi connectivity index (χ2v) is 3.99. The molecule has 17 heavy (non-hydrogen) atoms. The lowest BCUT2D eigenvalue weighted by Crippen LogP contribution is -1.97. The van der Waals surface area contributed by atoms with Crippen LogP contribution in [0, 0.1) is 0 Å². The summed E-state index contributed by atoms with van der Waals surface area (Å²) in [4.78, 5) is 2.79. The Bertz CT molecular complexity index is 555. The van der Waals surface area contributed by atoms with Gasteiger partial charge in [0.25, 0.3) is 0 Å². The minimum absolute atomic E-state index is 0.117. The zero-order valence-corrected chi connectivity index (χ0v) is 9.70. The molecule has 0 amide bonds. The molecule has 1 aromatic carbocycles. The number of halogens is 1. The molecule has 2 rings (SSSR count). The van der Waals surface area contributed by atoms with Gasteiger partial charge in [0, 0.05) is 23.0 Å². The molecule has 4 nitrogen and oxygen atoms in total. The number of rotatable bonds is 2. The average Bonchev–Trinajstić information content (AvgIpc) is 2.61. The maximum atomic E-state index is 9.66. The SMILES string of the molecule is N/C(=C\c1c(Cl)c[nH]c1N)c1ccccc1O. The number of aromatic amines is 1. The zero-order chi connectivity index (χ0) is 12.4. The van der Waals surface area contributed by atoms with Crippen LogP contribution in [-0.4, -0.2) is 10.1 Å². The Morgan fingerprint density at radius 3 is 2.65 bits per heavy atom. The highest BCUT2D eigenvalue weighted by Crippen LogP contribution is 2.28. The molecule has 0 spiro atoms. The highest BCUT2D eigenvalue weighted by atomic mass is 35.5. The number of anilines is 1. The number of hydrogen-bond acceptors (Lipinski definition) is 3. The number of nitrogens with one attached hydrogen (secondary N) is 1. The van der Waals surface area contributed by atoms with Gasteiger partial charge in [0.2, 0.25) is 0 Å². The van der Waals surface area contributed by atoms with Crippen LogP contribution in [0.25, 0.3) is 11.8 Å². The number of aromatic nitrogens is 1. The van der Waals surface area contributed by atoms with Crippen molar-refractivity contribution in [3.8, 4) is 5.75 Å². The molecule has 0 aliphatic carbocycles.